The second-order valence-corrected chi connectivity index (χ2v) is 7.00. The van der Waals surface area contributed by atoms with Crippen molar-refractivity contribution in [3.63, 3.8) is 0 Å². The van der Waals surface area contributed by atoms with Crippen LogP contribution in [0.4, 0.5) is 17.3 Å². The molecule has 26 heavy (non-hydrogen) atoms. The van der Waals surface area contributed by atoms with E-state index in [0.29, 0.717) is 11.7 Å². The Morgan fingerprint density at radius 2 is 2.08 bits per heavy atom. The number of hydrogen-bond acceptors (Lipinski definition) is 7. The van der Waals surface area contributed by atoms with Gasteiger partial charge in [-0.3, -0.25) is 4.79 Å². The summed E-state index contributed by atoms with van der Waals surface area (Å²) in [6.45, 7) is 0.859. The molecule has 2 aromatic rings. The maximum atomic E-state index is 11.0. The molecule has 1 aromatic heterocycles. The summed E-state index contributed by atoms with van der Waals surface area (Å²) in [5.41, 5.74) is 8.63. The highest BCUT2D eigenvalue weighted by atomic mass is 16.1. The summed E-state index contributed by atoms with van der Waals surface area (Å²) in [6.07, 6.45) is 6.07. The van der Waals surface area contributed by atoms with Crippen molar-refractivity contribution in [2.24, 2.45) is 11.7 Å². The summed E-state index contributed by atoms with van der Waals surface area (Å²) in [7, 11) is 0. The van der Waals surface area contributed by atoms with Gasteiger partial charge in [0.25, 0.3) is 0 Å². The van der Waals surface area contributed by atoms with Gasteiger partial charge in [-0.1, -0.05) is 30.3 Å². The molecule has 3 unspecified atom stereocenters. The second-order valence-electron chi connectivity index (χ2n) is 7.00. The lowest BCUT2D eigenvalue weighted by atomic mass is 9.89. The number of piperidine rings is 1. The van der Waals surface area contributed by atoms with Crippen molar-refractivity contribution in [2.75, 3.05) is 22.1 Å². The lowest BCUT2D eigenvalue weighted by molar-refractivity contribution is -0.107. The molecule has 0 spiro atoms. The van der Waals surface area contributed by atoms with Crippen LogP contribution in [0.1, 0.15) is 24.8 Å². The van der Waals surface area contributed by atoms with E-state index in [0.717, 1.165) is 50.0 Å². The van der Waals surface area contributed by atoms with Gasteiger partial charge in [0.1, 0.15) is 12.0 Å². The lowest BCUT2D eigenvalue weighted by Crippen LogP contribution is -2.48. The number of nitrogens with zero attached hydrogens (tertiary/aromatic N) is 3. The van der Waals surface area contributed by atoms with Gasteiger partial charge in [0, 0.05) is 6.54 Å². The number of anilines is 3. The normalized spacial score (nSPS) is 24.5. The average Bonchev–Trinajstić information content (AvgIpc) is 3.11. The Balaban J connectivity index is 1.41. The van der Waals surface area contributed by atoms with Crippen molar-refractivity contribution in [2.45, 2.75) is 38.0 Å². The Hall–Kier alpha value is -2.67. The van der Waals surface area contributed by atoms with Crippen molar-refractivity contribution in [3.05, 3.63) is 42.2 Å². The van der Waals surface area contributed by atoms with Gasteiger partial charge >= 0.3 is 0 Å². The van der Waals surface area contributed by atoms with Crippen LogP contribution in [0.3, 0.4) is 0 Å². The number of hydrogen-bond donors (Lipinski definition) is 3. The number of fused-ring (bicyclic) bond motifs is 1. The van der Waals surface area contributed by atoms with Gasteiger partial charge in [-0.2, -0.15) is 0 Å². The standard InChI is InChI=1S/C19H24N6O/c20-15-10-14(7-6-13-4-2-1-3-5-13)8-9-25(15)19-17-18(21-12-22-19)24-16(11-26)23-17/h1-5,11-12,14-16,23H,6-10,20H2,(H,21,22,24). The highest BCUT2D eigenvalue weighted by molar-refractivity contribution is 5.87. The molecule has 4 rings (SSSR count). The van der Waals surface area contributed by atoms with Gasteiger partial charge in [0.2, 0.25) is 0 Å². The van der Waals surface area contributed by atoms with Crippen LogP contribution in [0.15, 0.2) is 36.7 Å². The van der Waals surface area contributed by atoms with Crippen LogP contribution in [-0.4, -0.2) is 35.1 Å². The summed E-state index contributed by atoms with van der Waals surface area (Å²) in [5.74, 6) is 2.05. The monoisotopic (exact) mass is 352 g/mol. The number of nitrogens with one attached hydrogen (secondary N) is 2. The topological polar surface area (TPSA) is 96.2 Å². The van der Waals surface area contributed by atoms with Crippen molar-refractivity contribution in [1.29, 1.82) is 0 Å². The molecule has 0 amide bonds. The van der Waals surface area contributed by atoms with Gasteiger partial charge in [-0.15, -0.1) is 0 Å². The van der Waals surface area contributed by atoms with Crippen molar-refractivity contribution in [3.8, 4) is 0 Å². The van der Waals surface area contributed by atoms with Crippen molar-refractivity contribution >= 4 is 23.6 Å². The summed E-state index contributed by atoms with van der Waals surface area (Å²) in [6, 6.07) is 10.6. The minimum Gasteiger partial charge on any atom is -0.353 e. The van der Waals surface area contributed by atoms with Crippen molar-refractivity contribution < 1.29 is 4.79 Å². The number of aldehydes is 1. The third kappa shape index (κ3) is 3.35. The van der Waals surface area contributed by atoms with Crippen LogP contribution in [0.5, 0.6) is 0 Å². The SMILES string of the molecule is NC1CC(CCc2ccccc2)CCN1c1ncnc2c1NC(C=O)N2. The molecule has 0 radical (unpaired) electrons. The fourth-order valence-electron chi connectivity index (χ4n) is 3.86. The quantitative estimate of drug-likeness (QED) is 0.708. The number of carbonyl (C=O) groups excluding carboxylic acids is 1. The summed E-state index contributed by atoms with van der Waals surface area (Å²) in [4.78, 5) is 21.8. The Kier molecular flexibility index (Phi) is 4.71. The van der Waals surface area contributed by atoms with E-state index >= 15 is 0 Å². The minimum absolute atomic E-state index is 0.0828. The van der Waals surface area contributed by atoms with E-state index < -0.39 is 6.17 Å². The number of nitrogens with two attached hydrogens (primary N) is 1. The van der Waals surface area contributed by atoms with Crippen LogP contribution >= 0.6 is 0 Å². The zero-order valence-electron chi connectivity index (χ0n) is 14.6. The predicted octanol–water partition coefficient (Wildman–Crippen LogP) is 1.97. The molecule has 0 bridgehead atoms. The van der Waals surface area contributed by atoms with Crippen LogP contribution in [-0.2, 0) is 11.2 Å². The maximum absolute atomic E-state index is 11.0. The molecule has 7 nitrogen and oxygen atoms in total. The van der Waals surface area contributed by atoms with E-state index in [1.165, 1.54) is 11.9 Å². The Morgan fingerprint density at radius 1 is 1.23 bits per heavy atom. The van der Waals surface area contributed by atoms with E-state index in [-0.39, 0.29) is 6.17 Å². The van der Waals surface area contributed by atoms with Gasteiger partial charge in [-0.25, -0.2) is 9.97 Å². The first kappa shape index (κ1) is 16.8. The molecular weight excluding hydrogens is 328 g/mol. The number of aryl methyl sites for hydroxylation is 1. The fourth-order valence-corrected chi connectivity index (χ4v) is 3.86. The van der Waals surface area contributed by atoms with E-state index in [1.807, 2.05) is 0 Å². The molecule has 2 aliphatic heterocycles. The average molecular weight is 352 g/mol. The highest BCUT2D eigenvalue weighted by Gasteiger charge is 2.32. The van der Waals surface area contributed by atoms with E-state index in [9.17, 15) is 4.79 Å². The van der Waals surface area contributed by atoms with Gasteiger partial charge in [-0.05, 0) is 37.2 Å². The minimum atomic E-state index is -0.458. The third-order valence-corrected chi connectivity index (χ3v) is 5.26. The number of benzene rings is 1. The molecule has 2 aliphatic rings. The lowest BCUT2D eigenvalue weighted by Gasteiger charge is -2.38. The molecule has 1 fully saturated rings. The van der Waals surface area contributed by atoms with E-state index in [4.69, 9.17) is 5.73 Å². The van der Waals surface area contributed by atoms with Crippen LogP contribution in [0.2, 0.25) is 0 Å². The van der Waals surface area contributed by atoms with E-state index in [1.54, 1.807) is 0 Å². The molecule has 1 saturated heterocycles. The maximum Gasteiger partial charge on any atom is 0.162 e. The predicted molar refractivity (Wildman–Crippen MR) is 102 cm³/mol. The summed E-state index contributed by atoms with van der Waals surface area (Å²) >= 11 is 0. The molecule has 7 heteroatoms. The second kappa shape index (κ2) is 7.29. The Bertz CT molecular complexity index is 768. The number of carbonyl (C=O) groups is 1. The van der Waals surface area contributed by atoms with Crippen LogP contribution in [0.25, 0.3) is 0 Å². The molecule has 4 N–H and O–H groups in total. The molecule has 0 saturated carbocycles. The van der Waals surface area contributed by atoms with Crippen LogP contribution < -0.4 is 21.3 Å². The smallest absolute Gasteiger partial charge is 0.162 e. The van der Waals surface area contributed by atoms with Crippen molar-refractivity contribution in [1.82, 2.24) is 9.97 Å². The Labute approximate surface area is 153 Å². The molecule has 3 heterocycles. The van der Waals surface area contributed by atoms with Gasteiger partial charge < -0.3 is 21.3 Å². The molecule has 3 atom stereocenters. The first-order valence-electron chi connectivity index (χ1n) is 9.14. The first-order chi connectivity index (χ1) is 12.7. The van der Waals surface area contributed by atoms with Gasteiger partial charge in [0.05, 0.1) is 6.17 Å². The first-order valence-corrected chi connectivity index (χ1v) is 9.14. The molecule has 0 aliphatic carbocycles. The largest absolute Gasteiger partial charge is 0.353 e. The highest BCUT2D eigenvalue weighted by Crippen LogP contribution is 2.37. The molecule has 1 aromatic carbocycles. The molecular formula is C19H24N6O. The summed E-state index contributed by atoms with van der Waals surface area (Å²) < 4.78 is 0. The number of rotatable bonds is 5. The van der Waals surface area contributed by atoms with Crippen LogP contribution in [0, 0.1) is 5.92 Å². The number of aromatic nitrogens is 2. The Morgan fingerprint density at radius 3 is 2.85 bits per heavy atom. The molecule has 136 valence electrons. The zero-order chi connectivity index (χ0) is 17.9. The van der Waals surface area contributed by atoms with E-state index in [2.05, 4.69) is 55.8 Å². The zero-order valence-corrected chi connectivity index (χ0v) is 14.6. The third-order valence-electron chi connectivity index (χ3n) is 5.26. The summed E-state index contributed by atoms with van der Waals surface area (Å²) in [5, 5.41) is 6.16. The fraction of sp³-hybridized carbons (Fsp3) is 0.421. The van der Waals surface area contributed by atoms with Gasteiger partial charge in [0.15, 0.2) is 24.1 Å².